The van der Waals surface area contributed by atoms with Crippen molar-refractivity contribution in [1.29, 1.82) is 0 Å². The molecule has 1 aromatic rings. The van der Waals surface area contributed by atoms with Crippen LogP contribution in [0.5, 0.6) is 5.75 Å². The Balaban J connectivity index is 2.80. The van der Waals surface area contributed by atoms with Crippen LogP contribution >= 0.6 is 0 Å². The van der Waals surface area contributed by atoms with Gasteiger partial charge in [0, 0.05) is 7.11 Å². The quantitative estimate of drug-likeness (QED) is 0.842. The zero-order valence-electron chi connectivity index (χ0n) is 11.4. The number of amides is 1. The lowest BCUT2D eigenvalue weighted by Gasteiger charge is -2.21. The van der Waals surface area contributed by atoms with E-state index in [-0.39, 0.29) is 23.6 Å². The van der Waals surface area contributed by atoms with Crippen LogP contribution in [-0.4, -0.2) is 30.8 Å². The van der Waals surface area contributed by atoms with Crippen LogP contribution in [0.25, 0.3) is 0 Å². The van der Waals surface area contributed by atoms with E-state index >= 15 is 0 Å². The molecule has 100 valence electrons. The molecule has 1 atom stereocenters. The number of ether oxygens (including phenoxy) is 1. The first kappa shape index (κ1) is 14.5. The molecule has 1 aromatic carbocycles. The van der Waals surface area contributed by atoms with Crippen molar-refractivity contribution in [2.75, 3.05) is 13.7 Å². The molecule has 18 heavy (non-hydrogen) atoms. The van der Waals surface area contributed by atoms with E-state index in [1.807, 2.05) is 20.8 Å². The summed E-state index contributed by atoms with van der Waals surface area (Å²) in [7, 11) is 1.60. The van der Waals surface area contributed by atoms with Gasteiger partial charge in [0.15, 0.2) is 0 Å². The monoisotopic (exact) mass is 251 g/mol. The van der Waals surface area contributed by atoms with E-state index < -0.39 is 0 Å². The van der Waals surface area contributed by atoms with E-state index in [0.29, 0.717) is 12.2 Å². The van der Waals surface area contributed by atoms with Gasteiger partial charge in [0.1, 0.15) is 5.75 Å². The molecule has 0 radical (unpaired) electrons. The van der Waals surface area contributed by atoms with E-state index in [0.717, 1.165) is 5.56 Å². The summed E-state index contributed by atoms with van der Waals surface area (Å²) in [6.45, 7) is 6.34. The molecule has 2 N–H and O–H groups in total. The molecule has 0 aliphatic heterocycles. The minimum atomic E-state index is -0.275. The Labute approximate surface area is 108 Å². The standard InChI is InChI=1S/C14H21NO3/c1-9(2)12(8-18-4)15-14(17)11-6-5-10(3)7-13(11)16/h5-7,9,12,16H,8H2,1-4H3,(H,15,17). The van der Waals surface area contributed by atoms with Crippen LogP contribution in [0.4, 0.5) is 0 Å². The van der Waals surface area contributed by atoms with Gasteiger partial charge in [0.2, 0.25) is 0 Å². The minimum absolute atomic E-state index is 0.00687. The molecule has 1 rings (SSSR count). The maximum atomic E-state index is 12.0. The minimum Gasteiger partial charge on any atom is -0.507 e. The fraction of sp³-hybridized carbons (Fsp3) is 0.500. The highest BCUT2D eigenvalue weighted by molar-refractivity contribution is 5.97. The van der Waals surface area contributed by atoms with E-state index in [4.69, 9.17) is 4.74 Å². The van der Waals surface area contributed by atoms with Crippen LogP contribution in [0.2, 0.25) is 0 Å². The molecule has 4 heteroatoms. The number of carbonyl (C=O) groups is 1. The molecular weight excluding hydrogens is 230 g/mol. The SMILES string of the molecule is COCC(NC(=O)c1ccc(C)cc1O)C(C)C. The smallest absolute Gasteiger partial charge is 0.255 e. The molecule has 4 nitrogen and oxygen atoms in total. The van der Waals surface area contributed by atoms with Crippen molar-refractivity contribution in [2.24, 2.45) is 5.92 Å². The molecule has 0 saturated carbocycles. The Hall–Kier alpha value is -1.55. The highest BCUT2D eigenvalue weighted by atomic mass is 16.5. The topological polar surface area (TPSA) is 58.6 Å². The molecule has 0 fully saturated rings. The van der Waals surface area contributed by atoms with Crippen molar-refractivity contribution in [2.45, 2.75) is 26.8 Å². The highest BCUT2D eigenvalue weighted by Crippen LogP contribution is 2.18. The second-order valence-corrected chi connectivity index (χ2v) is 4.80. The second-order valence-electron chi connectivity index (χ2n) is 4.80. The summed E-state index contributed by atoms with van der Waals surface area (Å²) >= 11 is 0. The van der Waals surface area contributed by atoms with E-state index in [1.54, 1.807) is 25.3 Å². The number of methoxy groups -OCH3 is 1. The third kappa shape index (κ3) is 3.74. The Morgan fingerprint density at radius 1 is 1.44 bits per heavy atom. The van der Waals surface area contributed by atoms with Gasteiger partial charge in [-0.25, -0.2) is 0 Å². The van der Waals surface area contributed by atoms with Crippen molar-refractivity contribution < 1.29 is 14.6 Å². The summed E-state index contributed by atoms with van der Waals surface area (Å²) in [4.78, 5) is 12.0. The van der Waals surface area contributed by atoms with Gasteiger partial charge in [-0.3, -0.25) is 4.79 Å². The maximum Gasteiger partial charge on any atom is 0.255 e. The number of benzene rings is 1. The first-order valence-corrected chi connectivity index (χ1v) is 6.05. The Kier molecular flexibility index (Phi) is 5.16. The number of aromatic hydroxyl groups is 1. The van der Waals surface area contributed by atoms with Gasteiger partial charge in [-0.15, -0.1) is 0 Å². The van der Waals surface area contributed by atoms with Crippen molar-refractivity contribution >= 4 is 5.91 Å². The molecule has 0 spiro atoms. The molecule has 0 aliphatic rings. The van der Waals surface area contributed by atoms with Gasteiger partial charge in [-0.2, -0.15) is 0 Å². The Bertz CT molecular complexity index is 416. The van der Waals surface area contributed by atoms with Gasteiger partial charge >= 0.3 is 0 Å². The predicted octanol–water partition coefficient (Wildman–Crippen LogP) is 2.10. The van der Waals surface area contributed by atoms with Crippen molar-refractivity contribution in [3.63, 3.8) is 0 Å². The molecule has 0 saturated heterocycles. The summed E-state index contributed by atoms with van der Waals surface area (Å²) in [6.07, 6.45) is 0. The normalized spacial score (nSPS) is 12.5. The highest BCUT2D eigenvalue weighted by Gasteiger charge is 2.18. The van der Waals surface area contributed by atoms with Crippen molar-refractivity contribution in [1.82, 2.24) is 5.32 Å². The molecular formula is C14H21NO3. The number of hydrogen-bond acceptors (Lipinski definition) is 3. The summed E-state index contributed by atoms with van der Waals surface area (Å²) in [6, 6.07) is 4.94. The number of hydrogen-bond donors (Lipinski definition) is 2. The maximum absolute atomic E-state index is 12.0. The zero-order chi connectivity index (χ0) is 13.7. The van der Waals surface area contributed by atoms with E-state index in [9.17, 15) is 9.90 Å². The number of phenols is 1. The average Bonchev–Trinajstić information content (AvgIpc) is 2.27. The largest absolute Gasteiger partial charge is 0.507 e. The van der Waals surface area contributed by atoms with Gasteiger partial charge in [0.25, 0.3) is 5.91 Å². The molecule has 0 aliphatic carbocycles. The van der Waals surface area contributed by atoms with Gasteiger partial charge in [-0.05, 0) is 30.5 Å². The fourth-order valence-electron chi connectivity index (χ4n) is 1.66. The number of aryl methyl sites for hydroxylation is 1. The summed E-state index contributed by atoms with van der Waals surface area (Å²) in [5, 5.41) is 12.6. The first-order valence-electron chi connectivity index (χ1n) is 6.05. The number of rotatable bonds is 5. The lowest BCUT2D eigenvalue weighted by molar-refractivity contribution is 0.0864. The van der Waals surface area contributed by atoms with E-state index in [1.165, 1.54) is 0 Å². The van der Waals surface area contributed by atoms with Crippen LogP contribution in [0.3, 0.4) is 0 Å². The first-order chi connectivity index (χ1) is 8.45. The lowest BCUT2D eigenvalue weighted by atomic mass is 10.0. The summed E-state index contributed by atoms with van der Waals surface area (Å²) in [5.74, 6) is -0.00263. The number of phenolic OH excluding ortho intramolecular Hbond substituents is 1. The second kappa shape index (κ2) is 6.40. The number of carbonyl (C=O) groups excluding carboxylic acids is 1. The number of nitrogens with one attached hydrogen (secondary N) is 1. The molecule has 0 heterocycles. The van der Waals surface area contributed by atoms with Crippen LogP contribution < -0.4 is 5.32 Å². The van der Waals surface area contributed by atoms with Gasteiger partial charge in [0.05, 0.1) is 18.2 Å². The molecule has 1 amide bonds. The third-order valence-corrected chi connectivity index (χ3v) is 2.87. The van der Waals surface area contributed by atoms with Crippen LogP contribution in [-0.2, 0) is 4.74 Å². The van der Waals surface area contributed by atoms with Crippen molar-refractivity contribution in [3.8, 4) is 5.75 Å². The molecule has 1 unspecified atom stereocenters. The molecule has 0 bridgehead atoms. The Morgan fingerprint density at radius 2 is 2.11 bits per heavy atom. The lowest BCUT2D eigenvalue weighted by Crippen LogP contribution is -2.41. The summed E-state index contributed by atoms with van der Waals surface area (Å²) in [5.41, 5.74) is 1.21. The predicted molar refractivity (Wildman–Crippen MR) is 70.8 cm³/mol. The van der Waals surface area contributed by atoms with Crippen LogP contribution in [0.15, 0.2) is 18.2 Å². The van der Waals surface area contributed by atoms with Crippen LogP contribution in [0, 0.1) is 12.8 Å². The zero-order valence-corrected chi connectivity index (χ0v) is 11.4. The molecule has 0 aromatic heterocycles. The van der Waals surface area contributed by atoms with E-state index in [2.05, 4.69) is 5.32 Å². The summed E-state index contributed by atoms with van der Waals surface area (Å²) < 4.78 is 5.07. The third-order valence-electron chi connectivity index (χ3n) is 2.87. The van der Waals surface area contributed by atoms with Crippen LogP contribution in [0.1, 0.15) is 29.8 Å². The fourth-order valence-corrected chi connectivity index (χ4v) is 1.66. The van der Waals surface area contributed by atoms with Gasteiger partial charge < -0.3 is 15.2 Å². The van der Waals surface area contributed by atoms with Gasteiger partial charge in [-0.1, -0.05) is 19.9 Å². The Morgan fingerprint density at radius 3 is 2.61 bits per heavy atom. The average molecular weight is 251 g/mol. The van der Waals surface area contributed by atoms with Crippen molar-refractivity contribution in [3.05, 3.63) is 29.3 Å².